The van der Waals surface area contributed by atoms with Crippen LogP contribution in [0.5, 0.6) is 5.75 Å². The van der Waals surface area contributed by atoms with Crippen molar-refractivity contribution in [2.45, 2.75) is 13.5 Å². The summed E-state index contributed by atoms with van der Waals surface area (Å²) in [6, 6.07) is 11.5. The highest BCUT2D eigenvalue weighted by atomic mass is 79.9. The summed E-state index contributed by atoms with van der Waals surface area (Å²) < 4.78 is 0.705. The van der Waals surface area contributed by atoms with E-state index < -0.39 is 0 Å². The Morgan fingerprint density at radius 1 is 1.25 bits per heavy atom. The zero-order valence-electron chi connectivity index (χ0n) is 10.9. The number of aromatic nitrogens is 2. The van der Waals surface area contributed by atoms with E-state index in [1.54, 1.807) is 6.07 Å². The maximum absolute atomic E-state index is 9.47. The molecule has 0 bridgehead atoms. The van der Waals surface area contributed by atoms with Gasteiger partial charge in [-0.1, -0.05) is 6.07 Å². The Balaban J connectivity index is 1.77. The van der Waals surface area contributed by atoms with Gasteiger partial charge in [-0.05, 0) is 58.7 Å². The van der Waals surface area contributed by atoms with Gasteiger partial charge in [0.05, 0.1) is 15.5 Å². The van der Waals surface area contributed by atoms with E-state index in [1.807, 2.05) is 37.3 Å². The molecule has 4 nitrogen and oxygen atoms in total. The Morgan fingerprint density at radius 3 is 2.90 bits per heavy atom. The number of fused-ring (bicyclic) bond motifs is 1. The Bertz CT molecular complexity index is 767. The number of phenolic OH excluding ortho intramolecular Hbond substituents is 1. The van der Waals surface area contributed by atoms with Crippen LogP contribution in [0, 0.1) is 6.92 Å². The second-order valence-corrected chi connectivity index (χ2v) is 5.55. The molecular formula is C15H14BrN3O. The number of anilines is 1. The summed E-state index contributed by atoms with van der Waals surface area (Å²) >= 11 is 3.32. The molecular weight excluding hydrogens is 318 g/mol. The Hall–Kier alpha value is -2.01. The smallest absolute Gasteiger partial charge is 0.129 e. The van der Waals surface area contributed by atoms with Gasteiger partial charge in [0.25, 0.3) is 0 Å². The zero-order valence-corrected chi connectivity index (χ0v) is 12.5. The van der Waals surface area contributed by atoms with Crippen LogP contribution in [0.3, 0.4) is 0 Å². The van der Waals surface area contributed by atoms with E-state index in [1.165, 1.54) is 0 Å². The summed E-state index contributed by atoms with van der Waals surface area (Å²) in [5, 5.41) is 12.8. The predicted octanol–water partition coefficient (Wildman–Crippen LogP) is 3.95. The van der Waals surface area contributed by atoms with Crippen LogP contribution < -0.4 is 5.32 Å². The van der Waals surface area contributed by atoms with Crippen LogP contribution in [0.2, 0.25) is 0 Å². The molecule has 0 saturated carbocycles. The minimum absolute atomic E-state index is 0.253. The average molecular weight is 332 g/mol. The first kappa shape index (κ1) is 13.0. The summed E-state index contributed by atoms with van der Waals surface area (Å²) in [5.41, 5.74) is 4.13. The molecule has 0 atom stereocenters. The highest BCUT2D eigenvalue weighted by Crippen LogP contribution is 2.25. The third-order valence-corrected chi connectivity index (χ3v) is 3.74. The number of hydrogen-bond acceptors (Lipinski definition) is 3. The first-order valence-electron chi connectivity index (χ1n) is 6.29. The van der Waals surface area contributed by atoms with Gasteiger partial charge in [-0.25, -0.2) is 4.98 Å². The molecule has 0 amide bonds. The predicted molar refractivity (Wildman–Crippen MR) is 84.0 cm³/mol. The number of imidazole rings is 1. The van der Waals surface area contributed by atoms with Crippen molar-refractivity contribution in [1.29, 1.82) is 0 Å². The standard InChI is InChI=1S/C15H14BrN3O/c1-9-18-13-4-3-11(7-14(13)19-9)17-8-10-2-5-15(20)12(16)6-10/h2-7,17,20H,8H2,1H3,(H,18,19). The van der Waals surface area contributed by atoms with Crippen LogP contribution >= 0.6 is 15.9 Å². The number of H-pyrrole nitrogens is 1. The molecule has 20 heavy (non-hydrogen) atoms. The van der Waals surface area contributed by atoms with Crippen LogP contribution in [0.1, 0.15) is 11.4 Å². The molecule has 3 N–H and O–H groups in total. The minimum Gasteiger partial charge on any atom is -0.507 e. The number of aromatic amines is 1. The molecule has 0 aliphatic carbocycles. The number of hydrogen-bond donors (Lipinski definition) is 3. The molecule has 1 heterocycles. The Kier molecular flexibility index (Phi) is 3.36. The maximum Gasteiger partial charge on any atom is 0.129 e. The van der Waals surface area contributed by atoms with Crippen LogP contribution in [0.25, 0.3) is 11.0 Å². The van der Waals surface area contributed by atoms with Crippen molar-refractivity contribution in [1.82, 2.24) is 9.97 Å². The van der Waals surface area contributed by atoms with Crippen molar-refractivity contribution in [3.63, 3.8) is 0 Å². The molecule has 0 saturated heterocycles. The molecule has 5 heteroatoms. The molecule has 1 aromatic heterocycles. The molecule has 3 rings (SSSR count). The number of phenols is 1. The van der Waals surface area contributed by atoms with Crippen LogP contribution in [-0.4, -0.2) is 15.1 Å². The molecule has 0 spiro atoms. The third-order valence-electron chi connectivity index (χ3n) is 3.11. The summed E-state index contributed by atoms with van der Waals surface area (Å²) in [5.74, 6) is 1.17. The number of nitrogens with one attached hydrogen (secondary N) is 2. The second-order valence-electron chi connectivity index (χ2n) is 4.69. The molecule has 2 aromatic carbocycles. The number of aryl methyl sites for hydroxylation is 1. The van der Waals surface area contributed by atoms with Crippen molar-refractivity contribution in [2.24, 2.45) is 0 Å². The zero-order chi connectivity index (χ0) is 14.1. The number of halogens is 1. The van der Waals surface area contributed by atoms with Gasteiger partial charge >= 0.3 is 0 Å². The molecule has 0 radical (unpaired) electrons. The van der Waals surface area contributed by atoms with Gasteiger partial charge in [0.1, 0.15) is 11.6 Å². The topological polar surface area (TPSA) is 60.9 Å². The van der Waals surface area contributed by atoms with Crippen molar-refractivity contribution in [3.8, 4) is 5.75 Å². The van der Waals surface area contributed by atoms with E-state index >= 15 is 0 Å². The molecule has 0 unspecified atom stereocenters. The van der Waals surface area contributed by atoms with Crippen LogP contribution in [-0.2, 0) is 6.54 Å². The van der Waals surface area contributed by atoms with Crippen molar-refractivity contribution >= 4 is 32.7 Å². The fraction of sp³-hybridized carbons (Fsp3) is 0.133. The van der Waals surface area contributed by atoms with Gasteiger partial charge in [-0.3, -0.25) is 0 Å². The lowest BCUT2D eigenvalue weighted by atomic mass is 10.2. The van der Waals surface area contributed by atoms with E-state index in [4.69, 9.17) is 0 Å². The van der Waals surface area contributed by atoms with Gasteiger partial charge in [-0.15, -0.1) is 0 Å². The Morgan fingerprint density at radius 2 is 2.10 bits per heavy atom. The van der Waals surface area contributed by atoms with Crippen molar-refractivity contribution in [2.75, 3.05) is 5.32 Å². The van der Waals surface area contributed by atoms with E-state index in [0.29, 0.717) is 11.0 Å². The van der Waals surface area contributed by atoms with Crippen LogP contribution in [0.4, 0.5) is 5.69 Å². The van der Waals surface area contributed by atoms with E-state index in [2.05, 4.69) is 31.2 Å². The normalized spacial score (nSPS) is 10.9. The van der Waals surface area contributed by atoms with E-state index in [9.17, 15) is 5.11 Å². The summed E-state index contributed by atoms with van der Waals surface area (Å²) in [6.45, 7) is 2.64. The first-order chi connectivity index (χ1) is 9.61. The fourth-order valence-corrected chi connectivity index (χ4v) is 2.54. The number of rotatable bonds is 3. The minimum atomic E-state index is 0.253. The third kappa shape index (κ3) is 2.63. The first-order valence-corrected chi connectivity index (χ1v) is 7.09. The van der Waals surface area contributed by atoms with E-state index in [-0.39, 0.29) is 5.75 Å². The Labute approximate surface area is 125 Å². The lowest BCUT2D eigenvalue weighted by molar-refractivity contribution is 0.471. The number of benzene rings is 2. The highest BCUT2D eigenvalue weighted by Gasteiger charge is 2.02. The maximum atomic E-state index is 9.47. The molecule has 0 aliphatic rings. The fourth-order valence-electron chi connectivity index (χ4n) is 2.11. The van der Waals surface area contributed by atoms with Crippen molar-refractivity contribution < 1.29 is 5.11 Å². The molecule has 0 aliphatic heterocycles. The summed E-state index contributed by atoms with van der Waals surface area (Å²) in [7, 11) is 0. The quantitative estimate of drug-likeness (QED) is 0.681. The van der Waals surface area contributed by atoms with Crippen LogP contribution in [0.15, 0.2) is 40.9 Å². The van der Waals surface area contributed by atoms with Gasteiger partial charge in [0.15, 0.2) is 0 Å². The lowest BCUT2D eigenvalue weighted by Crippen LogP contribution is -1.99. The van der Waals surface area contributed by atoms with Gasteiger partial charge in [-0.2, -0.15) is 0 Å². The monoisotopic (exact) mass is 331 g/mol. The molecule has 3 aromatic rings. The average Bonchev–Trinajstić information content (AvgIpc) is 2.79. The van der Waals surface area contributed by atoms with Gasteiger partial charge < -0.3 is 15.4 Å². The second kappa shape index (κ2) is 5.17. The van der Waals surface area contributed by atoms with E-state index in [0.717, 1.165) is 28.1 Å². The largest absolute Gasteiger partial charge is 0.507 e. The summed E-state index contributed by atoms with van der Waals surface area (Å²) in [6.07, 6.45) is 0. The highest BCUT2D eigenvalue weighted by molar-refractivity contribution is 9.10. The van der Waals surface area contributed by atoms with Gasteiger partial charge in [0, 0.05) is 12.2 Å². The van der Waals surface area contributed by atoms with Crippen molar-refractivity contribution in [3.05, 3.63) is 52.3 Å². The van der Waals surface area contributed by atoms with Gasteiger partial charge in [0.2, 0.25) is 0 Å². The number of nitrogens with zero attached hydrogens (tertiary/aromatic N) is 1. The molecule has 102 valence electrons. The molecule has 0 fully saturated rings. The lowest BCUT2D eigenvalue weighted by Gasteiger charge is -2.07. The number of aromatic hydroxyl groups is 1. The summed E-state index contributed by atoms with van der Waals surface area (Å²) in [4.78, 5) is 7.60. The SMILES string of the molecule is Cc1nc2ccc(NCc3ccc(O)c(Br)c3)cc2[nH]1.